The molecule has 1 aliphatic carbocycles. The van der Waals surface area contributed by atoms with Crippen molar-refractivity contribution in [1.29, 1.82) is 0 Å². The second-order valence-electron chi connectivity index (χ2n) is 10.5. The molecule has 2 aliphatic rings. The van der Waals surface area contributed by atoms with Crippen molar-refractivity contribution in [3.63, 3.8) is 0 Å². The number of nitrogens with one attached hydrogen (secondary N) is 2. The number of pyridine rings is 1. The Hall–Kier alpha value is -4.36. The van der Waals surface area contributed by atoms with Crippen LogP contribution in [0.1, 0.15) is 40.0 Å². The minimum absolute atomic E-state index is 0.0169. The first-order valence-electron chi connectivity index (χ1n) is 14.0. The summed E-state index contributed by atoms with van der Waals surface area (Å²) in [7, 11) is 6.00. The Kier molecular flexibility index (Phi) is 11.9. The molecule has 1 aromatic carbocycles. The largest absolute Gasteiger partial charge is 0.394 e. The van der Waals surface area contributed by atoms with E-state index in [1.54, 1.807) is 6.20 Å². The second kappa shape index (κ2) is 15.6. The fraction of sp³-hybridized carbons (Fsp3) is 0.448. The summed E-state index contributed by atoms with van der Waals surface area (Å²) in [5.74, 6) is -0.128. The van der Waals surface area contributed by atoms with E-state index in [-0.39, 0.29) is 33.9 Å². The van der Waals surface area contributed by atoms with Gasteiger partial charge in [0.2, 0.25) is 11.6 Å². The summed E-state index contributed by atoms with van der Waals surface area (Å²) < 4.78 is 0. The predicted molar refractivity (Wildman–Crippen MR) is 162 cm³/mol. The quantitative estimate of drug-likeness (QED) is 0.145. The first kappa shape index (κ1) is 32.2. The van der Waals surface area contributed by atoms with Crippen molar-refractivity contribution in [2.75, 3.05) is 77.2 Å². The van der Waals surface area contributed by atoms with Crippen molar-refractivity contribution < 1.29 is 19.3 Å². The molecule has 0 unspecified atom stereocenters. The molecular weight excluding hydrogens is 540 g/mol. The molecule has 0 amide bonds. The Morgan fingerprint density at radius 3 is 2.31 bits per heavy atom. The summed E-state index contributed by atoms with van der Waals surface area (Å²) in [6.07, 6.45) is 4.06. The Morgan fingerprint density at radius 2 is 1.69 bits per heavy atom. The van der Waals surface area contributed by atoms with Crippen LogP contribution in [-0.4, -0.2) is 105 Å². The van der Waals surface area contributed by atoms with Gasteiger partial charge in [-0.3, -0.25) is 24.6 Å². The molecular formula is C29H40N8O5. The Morgan fingerprint density at radius 1 is 1.02 bits per heavy atom. The van der Waals surface area contributed by atoms with Gasteiger partial charge in [0.1, 0.15) is 29.2 Å². The Bertz CT molecular complexity index is 1290. The van der Waals surface area contributed by atoms with Gasteiger partial charge >= 0.3 is 0 Å². The number of unbranched alkanes of at least 4 members (excludes halogenated alkanes) is 1. The van der Waals surface area contributed by atoms with Crippen molar-refractivity contribution in [2.24, 2.45) is 5.73 Å². The van der Waals surface area contributed by atoms with Gasteiger partial charge in [0.05, 0.1) is 4.92 Å². The number of nitrogens with two attached hydrogens (primary N) is 1. The lowest BCUT2D eigenvalue weighted by molar-refractivity contribution is -0.384. The Labute approximate surface area is 245 Å². The van der Waals surface area contributed by atoms with Crippen molar-refractivity contribution in [3.05, 3.63) is 69.2 Å². The number of allylic oxidation sites excluding steroid dienone is 2. The molecule has 0 atom stereocenters. The lowest BCUT2D eigenvalue weighted by atomic mass is 9.89. The first-order valence-corrected chi connectivity index (χ1v) is 14.0. The summed E-state index contributed by atoms with van der Waals surface area (Å²) in [4.78, 5) is 58.6. The molecule has 0 saturated carbocycles. The number of fused-ring (bicyclic) bond motifs is 1. The topological polar surface area (TPSA) is 167 Å². The fourth-order valence-electron chi connectivity index (χ4n) is 4.61. The predicted octanol–water partition coefficient (Wildman–Crippen LogP) is 1.91. The highest BCUT2D eigenvalue weighted by molar-refractivity contribution is 6.27. The van der Waals surface area contributed by atoms with Crippen LogP contribution in [0, 0.1) is 10.1 Å². The normalized spacial score (nSPS) is 15.2. The highest BCUT2D eigenvalue weighted by atomic mass is 16.6. The van der Waals surface area contributed by atoms with E-state index in [4.69, 9.17) is 5.73 Å². The number of nitrogens with zero attached hydrogens (tertiary/aromatic N) is 5. The van der Waals surface area contributed by atoms with Crippen molar-refractivity contribution in [1.82, 2.24) is 20.1 Å². The molecule has 4 N–H and O–H groups in total. The summed E-state index contributed by atoms with van der Waals surface area (Å²) in [5, 5.41) is 17.5. The second-order valence-corrected chi connectivity index (χ2v) is 10.5. The third-order valence-corrected chi connectivity index (χ3v) is 6.68. The average molecular weight is 581 g/mol. The number of nitro benzene ring substituents is 1. The molecule has 2 heterocycles. The lowest BCUT2D eigenvalue weighted by Crippen LogP contribution is -2.47. The maximum atomic E-state index is 13.2. The third-order valence-electron chi connectivity index (χ3n) is 6.68. The van der Waals surface area contributed by atoms with E-state index in [9.17, 15) is 24.5 Å². The summed E-state index contributed by atoms with van der Waals surface area (Å²) in [5.41, 5.74) is 5.53. The molecule has 1 aromatic heterocycles. The van der Waals surface area contributed by atoms with E-state index in [1.807, 2.05) is 44.2 Å². The molecule has 2 aromatic rings. The van der Waals surface area contributed by atoms with Gasteiger partial charge in [-0.25, -0.2) is 4.98 Å². The van der Waals surface area contributed by atoms with Crippen LogP contribution in [-0.2, 0) is 4.79 Å². The van der Waals surface area contributed by atoms with Gasteiger partial charge in [-0.05, 0) is 58.7 Å². The fourth-order valence-corrected chi connectivity index (χ4v) is 4.61. The third kappa shape index (κ3) is 8.57. The van der Waals surface area contributed by atoms with Crippen LogP contribution in [0.15, 0.2) is 47.9 Å². The van der Waals surface area contributed by atoms with Gasteiger partial charge < -0.3 is 31.0 Å². The number of Topliss-reactive ketones (excluding diaryl/α,β-unsaturated/α-hetero) is 2. The van der Waals surface area contributed by atoms with Crippen molar-refractivity contribution >= 4 is 35.0 Å². The number of benzene rings is 1. The van der Waals surface area contributed by atoms with Gasteiger partial charge in [0, 0.05) is 69.1 Å². The van der Waals surface area contributed by atoms with Gasteiger partial charge in [0.15, 0.2) is 0 Å². The van der Waals surface area contributed by atoms with Crippen molar-refractivity contribution in [3.8, 4) is 0 Å². The van der Waals surface area contributed by atoms with Gasteiger partial charge in [-0.1, -0.05) is 6.07 Å². The maximum Gasteiger partial charge on any atom is 0.293 e. The zero-order valence-corrected chi connectivity index (χ0v) is 24.5. The van der Waals surface area contributed by atoms with Crippen LogP contribution in [0.3, 0.4) is 0 Å². The monoisotopic (exact) mass is 580 g/mol. The number of aldehydes is 1. The van der Waals surface area contributed by atoms with Gasteiger partial charge in [-0.15, -0.1) is 0 Å². The van der Waals surface area contributed by atoms with Crippen molar-refractivity contribution in [2.45, 2.75) is 19.3 Å². The number of anilines is 2. The summed E-state index contributed by atoms with van der Waals surface area (Å²) in [6, 6.07) is 8.29. The molecule has 0 spiro atoms. The number of carbonyl (C=O) groups is 3. The number of aromatic nitrogens is 1. The van der Waals surface area contributed by atoms with E-state index < -0.39 is 16.5 Å². The number of hydrogen-bond acceptors (Lipinski definition) is 12. The lowest BCUT2D eigenvalue weighted by Gasteiger charge is -2.35. The Balaban J connectivity index is 0.00000114. The number of nitro groups is 1. The minimum Gasteiger partial charge on any atom is -0.394 e. The SMILES string of the molecule is CN(C)C.NC1=C(NCCCN2CCN(c3ccccn3)CC2)C(=O)c2cc(NCCCC=O)c([N+](=O)[O-])cc2C1=O. The molecule has 1 saturated heterocycles. The molecule has 4 rings (SSSR count). The molecule has 1 fully saturated rings. The molecule has 0 bridgehead atoms. The molecule has 42 heavy (non-hydrogen) atoms. The smallest absolute Gasteiger partial charge is 0.293 e. The number of rotatable bonds is 12. The van der Waals surface area contributed by atoms with Crippen LogP contribution in [0.2, 0.25) is 0 Å². The van der Waals surface area contributed by atoms with Crippen LogP contribution < -0.4 is 21.3 Å². The van der Waals surface area contributed by atoms with Crippen LogP contribution in [0.25, 0.3) is 0 Å². The zero-order chi connectivity index (χ0) is 30.6. The molecule has 0 radical (unpaired) electrons. The van der Waals surface area contributed by atoms with E-state index >= 15 is 0 Å². The minimum atomic E-state index is -0.622. The van der Waals surface area contributed by atoms with Gasteiger partial charge in [-0.2, -0.15) is 0 Å². The highest BCUT2D eigenvalue weighted by Crippen LogP contribution is 2.33. The van der Waals surface area contributed by atoms with Gasteiger partial charge in [0.25, 0.3) is 5.69 Å². The highest BCUT2D eigenvalue weighted by Gasteiger charge is 2.34. The average Bonchev–Trinajstić information content (AvgIpc) is 2.98. The standard InChI is InChI=1S/C26H31N7O5.C3H9N/c27-23-24(30-9-5-10-31-11-13-32(14-12-31)22-6-1-2-8-29-22)26(36)18-16-20(28-7-3-4-15-34)21(33(37)38)17-19(18)25(23)35;1-4(2)3/h1-2,6,8,15-17,28,30H,3-5,7,9-14,27H2;1-3H3. The number of ketones is 2. The summed E-state index contributed by atoms with van der Waals surface area (Å²) >= 11 is 0. The molecule has 226 valence electrons. The van der Waals surface area contributed by atoms with Crippen LogP contribution in [0.5, 0.6) is 0 Å². The number of carbonyl (C=O) groups excluding carboxylic acids is 3. The van der Waals surface area contributed by atoms with Crippen LogP contribution in [0.4, 0.5) is 17.2 Å². The molecule has 13 heteroatoms. The van der Waals surface area contributed by atoms with E-state index in [0.717, 1.165) is 57.3 Å². The number of piperazine rings is 1. The molecule has 1 aliphatic heterocycles. The summed E-state index contributed by atoms with van der Waals surface area (Å²) in [6.45, 7) is 5.11. The first-order chi connectivity index (χ1) is 20.1. The zero-order valence-electron chi connectivity index (χ0n) is 24.5. The van der Waals surface area contributed by atoms with E-state index in [1.165, 1.54) is 6.07 Å². The molecule has 13 nitrogen and oxygen atoms in total. The van der Waals surface area contributed by atoms with E-state index in [2.05, 4.69) is 25.4 Å². The van der Waals surface area contributed by atoms with Crippen LogP contribution >= 0.6 is 0 Å². The number of hydrogen-bond donors (Lipinski definition) is 3. The maximum absolute atomic E-state index is 13.2. The van der Waals surface area contributed by atoms with E-state index in [0.29, 0.717) is 25.9 Å².